The van der Waals surface area contributed by atoms with Crippen molar-refractivity contribution in [3.8, 4) is 11.9 Å². The molecule has 1 aromatic carbocycles. The molecule has 0 amide bonds. The van der Waals surface area contributed by atoms with Crippen molar-refractivity contribution < 1.29 is 9.13 Å². The zero-order valence-corrected chi connectivity index (χ0v) is 15.6. The Morgan fingerprint density at radius 2 is 1.92 bits per heavy atom. The molecule has 6 heteroatoms. The van der Waals surface area contributed by atoms with Crippen LogP contribution in [0.5, 0.6) is 5.75 Å². The first-order valence-corrected chi connectivity index (χ1v) is 9.17. The summed E-state index contributed by atoms with van der Waals surface area (Å²) in [4.78, 5) is 4.75. The van der Waals surface area contributed by atoms with Crippen molar-refractivity contribution in [2.24, 2.45) is 4.99 Å². The van der Waals surface area contributed by atoms with E-state index in [1.165, 1.54) is 31.4 Å². The van der Waals surface area contributed by atoms with Gasteiger partial charge in [0, 0.05) is 5.02 Å². The number of ether oxygens (including phenoxy) is 1. The highest BCUT2D eigenvalue weighted by molar-refractivity contribution is 6.30. The maximum absolute atomic E-state index is 14.1. The van der Waals surface area contributed by atoms with Gasteiger partial charge in [0.15, 0.2) is 29.2 Å². The molecule has 1 aromatic rings. The van der Waals surface area contributed by atoms with Crippen LogP contribution in [-0.2, 0) is 0 Å². The molecule has 0 heterocycles. The van der Waals surface area contributed by atoms with Crippen LogP contribution in [0.15, 0.2) is 23.2 Å². The Morgan fingerprint density at radius 3 is 2.52 bits per heavy atom. The van der Waals surface area contributed by atoms with Gasteiger partial charge in [0.1, 0.15) is 0 Å². The Kier molecular flexibility index (Phi) is 7.07. The molecule has 25 heavy (non-hydrogen) atoms. The number of benzene rings is 1. The van der Waals surface area contributed by atoms with Gasteiger partial charge in [-0.2, -0.15) is 5.26 Å². The summed E-state index contributed by atoms with van der Waals surface area (Å²) in [6, 6.07) is 4.42. The second-order valence-electron chi connectivity index (χ2n) is 6.90. The summed E-state index contributed by atoms with van der Waals surface area (Å²) in [6.45, 7) is 3.54. The second kappa shape index (κ2) is 9.05. The fraction of sp³-hybridized carbons (Fsp3) is 0.579. The number of amidine groups is 1. The van der Waals surface area contributed by atoms with E-state index < -0.39 is 11.4 Å². The van der Waals surface area contributed by atoms with E-state index >= 15 is 0 Å². The molecule has 0 saturated heterocycles. The summed E-state index contributed by atoms with van der Waals surface area (Å²) in [5, 5.41) is 12.0. The molecule has 0 spiro atoms. The van der Waals surface area contributed by atoms with E-state index in [1.807, 2.05) is 6.19 Å². The molecule has 1 saturated carbocycles. The molecule has 136 valence electrons. The van der Waals surface area contributed by atoms with Crippen LogP contribution in [0.25, 0.3) is 0 Å². The van der Waals surface area contributed by atoms with E-state index in [-0.39, 0.29) is 11.8 Å². The van der Waals surface area contributed by atoms with Gasteiger partial charge in [0.2, 0.25) is 0 Å². The number of nitrogens with one attached hydrogen (secondary N) is 1. The van der Waals surface area contributed by atoms with Gasteiger partial charge in [-0.25, -0.2) is 4.39 Å². The van der Waals surface area contributed by atoms with Crippen molar-refractivity contribution in [2.75, 3.05) is 0 Å². The summed E-state index contributed by atoms with van der Waals surface area (Å²) < 4.78 is 19.9. The van der Waals surface area contributed by atoms with Gasteiger partial charge in [-0.05, 0) is 44.9 Å². The molecule has 1 aliphatic rings. The Morgan fingerprint density at radius 1 is 1.28 bits per heavy atom. The molecule has 0 atom stereocenters. The van der Waals surface area contributed by atoms with Crippen LogP contribution in [0.4, 0.5) is 4.39 Å². The highest BCUT2D eigenvalue weighted by Crippen LogP contribution is 2.26. The molecule has 1 fully saturated rings. The number of hydrogen-bond donors (Lipinski definition) is 1. The number of aliphatic imine (C=N–C) groups is 1. The number of hydrogen-bond acceptors (Lipinski definition) is 3. The molecule has 0 bridgehead atoms. The Hall–Kier alpha value is -1.80. The van der Waals surface area contributed by atoms with Gasteiger partial charge in [0.25, 0.3) is 0 Å². The quantitative estimate of drug-likeness (QED) is 0.344. The molecule has 4 nitrogen and oxygen atoms in total. The van der Waals surface area contributed by atoms with Crippen molar-refractivity contribution in [3.05, 3.63) is 29.0 Å². The average Bonchev–Trinajstić information content (AvgIpc) is 2.51. The third-order valence-electron chi connectivity index (χ3n) is 4.39. The molecule has 0 unspecified atom stereocenters. The van der Waals surface area contributed by atoms with Crippen molar-refractivity contribution in [1.82, 2.24) is 5.32 Å². The van der Waals surface area contributed by atoms with Crippen LogP contribution >= 0.6 is 11.6 Å². The van der Waals surface area contributed by atoms with E-state index in [9.17, 15) is 4.39 Å². The summed E-state index contributed by atoms with van der Waals surface area (Å²) in [5.74, 6) is -0.0303. The SMILES string of the molecule is CC(C)(Oc1ccc(Cl)cc1F)C(=NC1CCCCCCC1)NC#N. The van der Waals surface area contributed by atoms with Crippen molar-refractivity contribution in [3.63, 3.8) is 0 Å². The largest absolute Gasteiger partial charge is 0.477 e. The van der Waals surface area contributed by atoms with Gasteiger partial charge in [0.05, 0.1) is 6.04 Å². The number of rotatable bonds is 4. The lowest BCUT2D eigenvalue weighted by atomic mass is 9.96. The molecule has 2 rings (SSSR count). The topological polar surface area (TPSA) is 57.4 Å². The first-order valence-electron chi connectivity index (χ1n) is 8.80. The maximum Gasteiger partial charge on any atom is 0.182 e. The van der Waals surface area contributed by atoms with Crippen molar-refractivity contribution in [2.45, 2.75) is 70.4 Å². The molecule has 1 aliphatic carbocycles. The van der Waals surface area contributed by atoms with E-state index in [4.69, 9.17) is 26.6 Å². The van der Waals surface area contributed by atoms with Crippen molar-refractivity contribution >= 4 is 17.4 Å². The van der Waals surface area contributed by atoms with Crippen LogP contribution in [0.1, 0.15) is 58.8 Å². The normalized spacial score (nSPS) is 17.3. The summed E-state index contributed by atoms with van der Waals surface area (Å²) >= 11 is 5.78. The Labute approximate surface area is 154 Å². The summed E-state index contributed by atoms with van der Waals surface area (Å²) in [6.07, 6.45) is 9.94. The van der Waals surface area contributed by atoms with Gasteiger partial charge in [-0.1, -0.05) is 43.7 Å². The third kappa shape index (κ3) is 5.89. The molecule has 1 N–H and O–H groups in total. The zero-order valence-electron chi connectivity index (χ0n) is 14.8. The Balaban J connectivity index is 2.20. The minimum atomic E-state index is -0.966. The average molecular weight is 366 g/mol. The highest BCUT2D eigenvalue weighted by Gasteiger charge is 2.30. The number of nitriles is 1. The number of halogens is 2. The molecule has 0 aromatic heterocycles. The maximum atomic E-state index is 14.1. The van der Waals surface area contributed by atoms with E-state index in [0.29, 0.717) is 10.9 Å². The fourth-order valence-electron chi connectivity index (χ4n) is 3.02. The predicted octanol–water partition coefficient (Wildman–Crippen LogP) is 5.22. The lowest BCUT2D eigenvalue weighted by Gasteiger charge is -2.29. The highest BCUT2D eigenvalue weighted by atomic mass is 35.5. The minimum absolute atomic E-state index is 0.0829. The minimum Gasteiger partial charge on any atom is -0.477 e. The summed E-state index contributed by atoms with van der Waals surface area (Å²) in [5.41, 5.74) is -0.966. The van der Waals surface area contributed by atoms with Crippen LogP contribution in [0.3, 0.4) is 0 Å². The fourth-order valence-corrected chi connectivity index (χ4v) is 3.18. The van der Waals surface area contributed by atoms with Crippen LogP contribution in [-0.4, -0.2) is 17.5 Å². The first kappa shape index (κ1) is 19.5. The van der Waals surface area contributed by atoms with Crippen molar-refractivity contribution in [1.29, 1.82) is 5.26 Å². The zero-order chi connectivity index (χ0) is 18.3. The lowest BCUT2D eigenvalue weighted by molar-refractivity contribution is 0.170. The van der Waals surface area contributed by atoms with E-state index in [2.05, 4.69) is 5.32 Å². The lowest BCUT2D eigenvalue weighted by Crippen LogP contribution is -2.46. The predicted molar refractivity (Wildman–Crippen MR) is 98.4 cm³/mol. The Bertz CT molecular complexity index is 647. The second-order valence-corrected chi connectivity index (χ2v) is 7.34. The van der Waals surface area contributed by atoms with Crippen LogP contribution < -0.4 is 10.1 Å². The standard InChI is InChI=1S/C19H25ClFN3O/c1-19(2,25-17-11-10-14(20)12-16(17)21)18(23-13-22)24-15-8-6-4-3-5-7-9-15/h10-12,15H,3-9H2,1-2H3,(H,23,24). The smallest absolute Gasteiger partial charge is 0.182 e. The van der Waals surface area contributed by atoms with Gasteiger partial charge >= 0.3 is 0 Å². The van der Waals surface area contributed by atoms with E-state index in [1.54, 1.807) is 19.9 Å². The van der Waals surface area contributed by atoms with Gasteiger partial charge < -0.3 is 4.74 Å². The first-order chi connectivity index (χ1) is 11.9. The van der Waals surface area contributed by atoms with Gasteiger partial charge in [-0.3, -0.25) is 10.3 Å². The molecule has 0 aliphatic heterocycles. The van der Waals surface area contributed by atoms with Gasteiger partial charge in [-0.15, -0.1) is 0 Å². The molecular formula is C19H25ClFN3O. The molecular weight excluding hydrogens is 341 g/mol. The monoisotopic (exact) mass is 365 g/mol. The third-order valence-corrected chi connectivity index (χ3v) is 4.63. The van der Waals surface area contributed by atoms with E-state index in [0.717, 1.165) is 25.7 Å². The van der Waals surface area contributed by atoms with Crippen LogP contribution in [0.2, 0.25) is 5.02 Å². The number of nitrogens with zero attached hydrogens (tertiary/aromatic N) is 2. The van der Waals surface area contributed by atoms with Crippen LogP contribution in [0, 0.1) is 17.3 Å². The molecule has 0 radical (unpaired) electrons. The summed E-state index contributed by atoms with van der Waals surface area (Å²) in [7, 11) is 0.